The van der Waals surface area contributed by atoms with Crippen molar-refractivity contribution >= 4 is 22.4 Å². The zero-order valence-electron chi connectivity index (χ0n) is 9.54. The van der Waals surface area contributed by atoms with Gasteiger partial charge < -0.3 is 5.32 Å². The van der Waals surface area contributed by atoms with Crippen molar-refractivity contribution in [3.63, 3.8) is 0 Å². The van der Waals surface area contributed by atoms with Crippen LogP contribution in [0.25, 0.3) is 0 Å². The van der Waals surface area contributed by atoms with Crippen LogP contribution in [0.3, 0.4) is 0 Å². The molecule has 2 rings (SSSR count). The molecule has 1 aliphatic rings. The van der Waals surface area contributed by atoms with Crippen molar-refractivity contribution in [1.82, 2.24) is 14.6 Å². The number of rotatable bonds is 2. The van der Waals surface area contributed by atoms with E-state index in [2.05, 4.69) is 10.3 Å². The number of hydrogen-bond acceptors (Lipinski definition) is 4. The summed E-state index contributed by atoms with van der Waals surface area (Å²) in [6.45, 7) is 3.70. The molecule has 1 aromatic rings. The Kier molecular flexibility index (Phi) is 4.88. The molecule has 17 heavy (non-hydrogen) atoms. The molecule has 1 aliphatic heterocycles. The number of nitrogens with one attached hydrogen (secondary N) is 1. The maximum atomic E-state index is 12.2. The average molecular weight is 278 g/mol. The van der Waals surface area contributed by atoms with E-state index in [0.29, 0.717) is 19.6 Å². The van der Waals surface area contributed by atoms with Gasteiger partial charge in [0.15, 0.2) is 0 Å². The lowest BCUT2D eigenvalue weighted by molar-refractivity contribution is 0.310. The maximum absolute atomic E-state index is 12.2. The van der Waals surface area contributed by atoms with Crippen molar-refractivity contribution in [2.75, 3.05) is 19.6 Å². The molecule has 0 bridgehead atoms. The zero-order chi connectivity index (χ0) is 11.6. The van der Waals surface area contributed by atoms with Crippen LogP contribution in [0.15, 0.2) is 29.4 Å². The summed E-state index contributed by atoms with van der Waals surface area (Å²) in [4.78, 5) is 4.11. The summed E-state index contributed by atoms with van der Waals surface area (Å²) in [7, 11) is -3.36. The number of sulfonamides is 1. The summed E-state index contributed by atoms with van der Waals surface area (Å²) in [6, 6.07) is 3.41. The molecule has 96 valence electrons. The maximum Gasteiger partial charge on any atom is 0.244 e. The molecule has 1 atom stereocenters. The van der Waals surface area contributed by atoms with Gasteiger partial charge in [-0.15, -0.1) is 12.4 Å². The van der Waals surface area contributed by atoms with Crippen LogP contribution in [-0.2, 0) is 10.0 Å². The van der Waals surface area contributed by atoms with Crippen LogP contribution >= 0.6 is 12.4 Å². The lowest BCUT2D eigenvalue weighted by Crippen LogP contribution is -2.51. The van der Waals surface area contributed by atoms with Crippen LogP contribution in [0.2, 0.25) is 0 Å². The summed E-state index contributed by atoms with van der Waals surface area (Å²) in [6.07, 6.45) is 2.96. The largest absolute Gasteiger partial charge is 0.312 e. The molecule has 1 aromatic heterocycles. The first-order valence-corrected chi connectivity index (χ1v) is 6.68. The van der Waals surface area contributed by atoms with E-state index in [-0.39, 0.29) is 23.3 Å². The van der Waals surface area contributed by atoms with Crippen LogP contribution < -0.4 is 5.32 Å². The van der Waals surface area contributed by atoms with Crippen molar-refractivity contribution < 1.29 is 8.42 Å². The van der Waals surface area contributed by atoms with Crippen molar-refractivity contribution in [2.45, 2.75) is 17.9 Å². The van der Waals surface area contributed by atoms with Crippen LogP contribution in [-0.4, -0.2) is 43.4 Å². The summed E-state index contributed by atoms with van der Waals surface area (Å²) in [5, 5.41) is 3.21. The second-order valence-electron chi connectivity index (χ2n) is 3.91. The summed E-state index contributed by atoms with van der Waals surface area (Å²) < 4.78 is 25.9. The number of aromatic nitrogens is 1. The molecule has 0 aromatic carbocycles. The molecule has 1 fully saturated rings. The van der Waals surface area contributed by atoms with Gasteiger partial charge in [-0.05, 0) is 19.1 Å². The molecule has 2 heterocycles. The van der Waals surface area contributed by atoms with E-state index in [1.807, 2.05) is 6.92 Å². The number of nitrogens with zero attached hydrogens (tertiary/aromatic N) is 2. The van der Waals surface area contributed by atoms with Gasteiger partial charge >= 0.3 is 0 Å². The van der Waals surface area contributed by atoms with Gasteiger partial charge in [0.2, 0.25) is 10.0 Å². The zero-order valence-corrected chi connectivity index (χ0v) is 11.2. The number of hydrogen-bond donors (Lipinski definition) is 1. The minimum absolute atomic E-state index is 0. The van der Waals surface area contributed by atoms with Crippen LogP contribution in [0.5, 0.6) is 0 Å². The Balaban J connectivity index is 0.00000144. The van der Waals surface area contributed by atoms with Crippen molar-refractivity contribution in [3.05, 3.63) is 24.5 Å². The molecule has 0 unspecified atom stereocenters. The van der Waals surface area contributed by atoms with Gasteiger partial charge in [-0.1, -0.05) is 0 Å². The van der Waals surface area contributed by atoms with Gasteiger partial charge in [0.1, 0.15) is 4.90 Å². The summed E-state index contributed by atoms with van der Waals surface area (Å²) >= 11 is 0. The van der Waals surface area contributed by atoms with Gasteiger partial charge in [0.05, 0.1) is 0 Å². The first-order chi connectivity index (χ1) is 7.60. The van der Waals surface area contributed by atoms with Gasteiger partial charge in [-0.2, -0.15) is 4.31 Å². The van der Waals surface area contributed by atoms with E-state index >= 15 is 0 Å². The molecular weight excluding hydrogens is 262 g/mol. The Morgan fingerprint density at radius 1 is 1.53 bits per heavy atom. The SMILES string of the molecule is C[C@H]1CN(S(=O)(=O)c2cccnc2)CCN1.Cl. The molecule has 0 amide bonds. The highest BCUT2D eigenvalue weighted by molar-refractivity contribution is 7.89. The number of pyridine rings is 1. The molecular formula is C10H16ClN3O2S. The van der Waals surface area contributed by atoms with Crippen LogP contribution in [0.4, 0.5) is 0 Å². The third kappa shape index (κ3) is 3.16. The van der Waals surface area contributed by atoms with E-state index in [1.54, 1.807) is 18.3 Å². The first kappa shape index (κ1) is 14.4. The van der Waals surface area contributed by atoms with Gasteiger partial charge in [0, 0.05) is 38.1 Å². The standard InChI is InChI=1S/C10H15N3O2S.ClH/c1-9-8-13(6-5-12-9)16(14,15)10-3-2-4-11-7-10;/h2-4,7,9,12H,5-6,8H2,1H3;1H/t9-;/m0./s1. The third-order valence-electron chi connectivity index (χ3n) is 2.60. The second kappa shape index (κ2) is 5.77. The first-order valence-electron chi connectivity index (χ1n) is 5.24. The normalized spacial score (nSPS) is 21.8. The van der Waals surface area contributed by atoms with Crippen molar-refractivity contribution in [3.8, 4) is 0 Å². The Hall–Kier alpha value is -0.690. The summed E-state index contributed by atoms with van der Waals surface area (Å²) in [5.74, 6) is 0. The van der Waals surface area contributed by atoms with Crippen LogP contribution in [0, 0.1) is 0 Å². The fourth-order valence-corrected chi connectivity index (χ4v) is 3.26. The number of piperazine rings is 1. The molecule has 0 radical (unpaired) electrons. The van der Waals surface area contributed by atoms with Crippen LogP contribution in [0.1, 0.15) is 6.92 Å². The minimum atomic E-state index is -3.36. The fraction of sp³-hybridized carbons (Fsp3) is 0.500. The second-order valence-corrected chi connectivity index (χ2v) is 5.84. The molecule has 0 aliphatic carbocycles. The number of halogens is 1. The lowest BCUT2D eigenvalue weighted by Gasteiger charge is -2.30. The Bertz CT molecular complexity index is 452. The van der Waals surface area contributed by atoms with Gasteiger partial charge in [-0.25, -0.2) is 8.42 Å². The Labute approximate surface area is 108 Å². The Morgan fingerprint density at radius 2 is 2.29 bits per heavy atom. The summed E-state index contributed by atoms with van der Waals surface area (Å²) in [5.41, 5.74) is 0. The minimum Gasteiger partial charge on any atom is -0.312 e. The van der Waals surface area contributed by atoms with Crippen molar-refractivity contribution in [1.29, 1.82) is 0 Å². The topological polar surface area (TPSA) is 62.3 Å². The molecule has 1 saturated heterocycles. The monoisotopic (exact) mass is 277 g/mol. The van der Waals surface area contributed by atoms with E-state index < -0.39 is 10.0 Å². The molecule has 5 nitrogen and oxygen atoms in total. The third-order valence-corrected chi connectivity index (χ3v) is 4.45. The molecule has 0 spiro atoms. The highest BCUT2D eigenvalue weighted by atomic mass is 35.5. The molecule has 1 N–H and O–H groups in total. The van der Waals surface area contributed by atoms with Crippen molar-refractivity contribution in [2.24, 2.45) is 0 Å². The van der Waals surface area contributed by atoms with E-state index in [1.165, 1.54) is 10.5 Å². The molecule has 7 heteroatoms. The predicted octanol–water partition coefficient (Wildman–Crippen LogP) is 0.486. The van der Waals surface area contributed by atoms with E-state index in [0.717, 1.165) is 0 Å². The average Bonchev–Trinajstić information content (AvgIpc) is 2.30. The van der Waals surface area contributed by atoms with Gasteiger partial charge in [0.25, 0.3) is 0 Å². The highest BCUT2D eigenvalue weighted by Gasteiger charge is 2.28. The highest BCUT2D eigenvalue weighted by Crippen LogP contribution is 2.15. The fourth-order valence-electron chi connectivity index (χ4n) is 1.76. The van der Waals surface area contributed by atoms with Gasteiger partial charge in [-0.3, -0.25) is 4.98 Å². The van der Waals surface area contributed by atoms with E-state index in [9.17, 15) is 8.42 Å². The Morgan fingerprint density at radius 3 is 2.88 bits per heavy atom. The van der Waals surface area contributed by atoms with E-state index in [4.69, 9.17) is 0 Å². The molecule has 0 saturated carbocycles. The predicted molar refractivity (Wildman–Crippen MR) is 67.7 cm³/mol. The smallest absolute Gasteiger partial charge is 0.244 e. The quantitative estimate of drug-likeness (QED) is 0.854. The lowest BCUT2D eigenvalue weighted by atomic mass is 10.3.